The van der Waals surface area contributed by atoms with Crippen LogP contribution in [0.1, 0.15) is 34.8 Å². The molecule has 0 atom stereocenters. The Bertz CT molecular complexity index is 967. The van der Waals surface area contributed by atoms with Gasteiger partial charge in [0.05, 0.1) is 11.0 Å². The highest BCUT2D eigenvalue weighted by Crippen LogP contribution is 2.35. The quantitative estimate of drug-likeness (QED) is 0.550. The summed E-state index contributed by atoms with van der Waals surface area (Å²) in [5.74, 6) is 0.583. The van der Waals surface area contributed by atoms with Crippen LogP contribution in [0.2, 0.25) is 0 Å². The van der Waals surface area contributed by atoms with Gasteiger partial charge in [-0.15, -0.1) is 11.8 Å². The van der Waals surface area contributed by atoms with Crippen molar-refractivity contribution in [1.29, 1.82) is 0 Å². The van der Waals surface area contributed by atoms with E-state index in [0.29, 0.717) is 18.7 Å². The van der Waals surface area contributed by atoms with Gasteiger partial charge in [0, 0.05) is 25.2 Å². The highest BCUT2D eigenvalue weighted by atomic mass is 32.2. The molecular formula is C26H26N2O2S. The summed E-state index contributed by atoms with van der Waals surface area (Å²) >= 11 is 1.63. The van der Waals surface area contributed by atoms with Crippen molar-refractivity contribution in [3.8, 4) is 0 Å². The Morgan fingerprint density at radius 2 is 1.52 bits per heavy atom. The van der Waals surface area contributed by atoms with Crippen molar-refractivity contribution in [1.82, 2.24) is 5.32 Å². The third-order valence-electron chi connectivity index (χ3n) is 5.40. The summed E-state index contributed by atoms with van der Waals surface area (Å²) in [4.78, 5) is 26.2. The van der Waals surface area contributed by atoms with E-state index in [0.717, 1.165) is 24.2 Å². The lowest BCUT2D eigenvalue weighted by Gasteiger charge is -2.18. The Kier molecular flexibility index (Phi) is 7.05. The maximum Gasteiger partial charge on any atom is 0.230 e. The largest absolute Gasteiger partial charge is 0.351 e. The molecule has 1 aliphatic heterocycles. The van der Waals surface area contributed by atoms with Crippen molar-refractivity contribution in [3.63, 3.8) is 0 Å². The van der Waals surface area contributed by atoms with Crippen molar-refractivity contribution in [3.05, 3.63) is 102 Å². The summed E-state index contributed by atoms with van der Waals surface area (Å²) in [6.07, 6.45) is 1.55. The molecule has 4 rings (SSSR count). The van der Waals surface area contributed by atoms with Crippen LogP contribution >= 0.6 is 11.8 Å². The van der Waals surface area contributed by atoms with Gasteiger partial charge >= 0.3 is 0 Å². The van der Waals surface area contributed by atoms with Crippen molar-refractivity contribution in [2.75, 3.05) is 17.2 Å². The van der Waals surface area contributed by atoms with Gasteiger partial charge in [-0.3, -0.25) is 9.59 Å². The molecule has 3 aromatic carbocycles. The van der Waals surface area contributed by atoms with E-state index in [-0.39, 0.29) is 17.1 Å². The molecule has 0 radical (unpaired) electrons. The molecule has 0 aliphatic carbocycles. The number of hydrogen-bond acceptors (Lipinski definition) is 3. The molecule has 0 bridgehead atoms. The third-order valence-corrected chi connectivity index (χ3v) is 6.70. The standard InChI is InChI=1S/C26H26N2O2S/c29-24(27-18-20-13-15-23(16-14-20)28-17-7-12-25(28)30)19-31-26(21-8-3-1-4-9-21)22-10-5-2-6-11-22/h1-6,8-11,13-16,26H,7,12,17-19H2,(H,27,29). The van der Waals surface area contributed by atoms with Crippen molar-refractivity contribution < 1.29 is 9.59 Å². The molecule has 1 fully saturated rings. The SMILES string of the molecule is O=C(CSC(c1ccccc1)c1ccccc1)NCc1ccc(N2CCCC2=O)cc1. The van der Waals surface area contributed by atoms with Crippen LogP contribution in [-0.4, -0.2) is 24.1 Å². The van der Waals surface area contributed by atoms with Crippen LogP contribution in [0, 0.1) is 0 Å². The molecule has 1 N–H and O–H groups in total. The second-order valence-corrected chi connectivity index (χ2v) is 8.70. The molecule has 158 valence electrons. The van der Waals surface area contributed by atoms with Gasteiger partial charge in [-0.1, -0.05) is 72.8 Å². The molecule has 1 saturated heterocycles. The van der Waals surface area contributed by atoms with Gasteiger partial charge in [0.15, 0.2) is 0 Å². The van der Waals surface area contributed by atoms with Gasteiger partial charge in [-0.25, -0.2) is 0 Å². The van der Waals surface area contributed by atoms with Crippen molar-refractivity contribution in [2.45, 2.75) is 24.6 Å². The van der Waals surface area contributed by atoms with Crippen LogP contribution in [0.5, 0.6) is 0 Å². The number of carbonyl (C=O) groups excluding carboxylic acids is 2. The first-order chi connectivity index (χ1) is 15.2. The number of thioether (sulfide) groups is 1. The van der Waals surface area contributed by atoms with Crippen LogP contribution in [0.3, 0.4) is 0 Å². The van der Waals surface area contributed by atoms with E-state index < -0.39 is 0 Å². The Balaban J connectivity index is 1.32. The molecule has 0 aromatic heterocycles. The number of anilines is 1. The maximum absolute atomic E-state index is 12.5. The average molecular weight is 431 g/mol. The number of nitrogens with one attached hydrogen (secondary N) is 1. The Hall–Kier alpha value is -3.05. The fourth-order valence-electron chi connectivity index (χ4n) is 3.77. The zero-order chi connectivity index (χ0) is 21.5. The van der Waals surface area contributed by atoms with Crippen LogP contribution in [0.25, 0.3) is 0 Å². The molecule has 0 spiro atoms. The van der Waals surface area contributed by atoms with Crippen LogP contribution in [0.4, 0.5) is 5.69 Å². The summed E-state index contributed by atoms with van der Waals surface area (Å²) in [7, 11) is 0. The first-order valence-electron chi connectivity index (χ1n) is 10.6. The minimum Gasteiger partial charge on any atom is -0.351 e. The third kappa shape index (κ3) is 5.56. The lowest BCUT2D eigenvalue weighted by atomic mass is 10.0. The molecule has 4 nitrogen and oxygen atoms in total. The predicted molar refractivity (Wildman–Crippen MR) is 127 cm³/mol. The molecule has 31 heavy (non-hydrogen) atoms. The minimum atomic E-state index is 0.0145. The number of amides is 2. The van der Waals surface area contributed by atoms with Gasteiger partial charge < -0.3 is 10.2 Å². The Morgan fingerprint density at radius 1 is 0.903 bits per heavy atom. The molecular weight excluding hydrogens is 404 g/mol. The number of carbonyl (C=O) groups is 2. The van der Waals surface area contributed by atoms with E-state index in [1.54, 1.807) is 11.8 Å². The summed E-state index contributed by atoms with van der Waals surface area (Å²) < 4.78 is 0. The number of rotatable bonds is 8. The molecule has 1 heterocycles. The van der Waals surface area contributed by atoms with Gasteiger partial charge in [-0.05, 0) is 35.2 Å². The minimum absolute atomic E-state index is 0.0145. The smallest absolute Gasteiger partial charge is 0.230 e. The Morgan fingerprint density at radius 3 is 2.06 bits per heavy atom. The Labute approximate surface area is 187 Å². The molecule has 0 unspecified atom stereocenters. The van der Waals surface area contributed by atoms with Crippen LogP contribution < -0.4 is 10.2 Å². The van der Waals surface area contributed by atoms with Crippen molar-refractivity contribution in [2.24, 2.45) is 0 Å². The van der Waals surface area contributed by atoms with E-state index in [1.807, 2.05) is 65.6 Å². The lowest BCUT2D eigenvalue weighted by Crippen LogP contribution is -2.25. The highest BCUT2D eigenvalue weighted by Gasteiger charge is 2.21. The average Bonchev–Trinajstić information content (AvgIpc) is 3.25. The first-order valence-corrected chi connectivity index (χ1v) is 11.6. The number of nitrogens with zero attached hydrogens (tertiary/aromatic N) is 1. The fraction of sp³-hybridized carbons (Fsp3) is 0.231. The van der Waals surface area contributed by atoms with Gasteiger partial charge in [0.2, 0.25) is 11.8 Å². The maximum atomic E-state index is 12.5. The fourth-order valence-corrected chi connectivity index (χ4v) is 4.89. The lowest BCUT2D eigenvalue weighted by molar-refractivity contribution is -0.119. The molecule has 0 saturated carbocycles. The van der Waals surface area contributed by atoms with Gasteiger partial charge in [0.25, 0.3) is 0 Å². The molecule has 1 aliphatic rings. The topological polar surface area (TPSA) is 49.4 Å². The second kappa shape index (κ2) is 10.3. The van der Waals surface area contributed by atoms with E-state index in [9.17, 15) is 9.59 Å². The van der Waals surface area contributed by atoms with Crippen LogP contribution in [0.15, 0.2) is 84.9 Å². The zero-order valence-corrected chi connectivity index (χ0v) is 18.2. The first kappa shape index (κ1) is 21.2. The molecule has 3 aromatic rings. The zero-order valence-electron chi connectivity index (χ0n) is 17.4. The van der Waals surface area contributed by atoms with E-state index >= 15 is 0 Å². The van der Waals surface area contributed by atoms with E-state index in [1.165, 1.54) is 11.1 Å². The molecule has 2 amide bonds. The van der Waals surface area contributed by atoms with E-state index in [2.05, 4.69) is 29.6 Å². The monoisotopic (exact) mass is 430 g/mol. The molecule has 5 heteroatoms. The summed E-state index contributed by atoms with van der Waals surface area (Å²) in [5, 5.41) is 3.13. The normalized spacial score (nSPS) is 13.6. The van der Waals surface area contributed by atoms with E-state index in [4.69, 9.17) is 0 Å². The summed E-state index contributed by atoms with van der Waals surface area (Å²) in [6.45, 7) is 1.27. The van der Waals surface area contributed by atoms with Gasteiger partial charge in [0.1, 0.15) is 0 Å². The van der Waals surface area contributed by atoms with Crippen molar-refractivity contribution >= 4 is 29.3 Å². The van der Waals surface area contributed by atoms with Crippen LogP contribution in [-0.2, 0) is 16.1 Å². The summed E-state index contributed by atoms with van der Waals surface area (Å²) in [6, 6.07) is 28.4. The predicted octanol–water partition coefficient (Wildman–Crippen LogP) is 4.95. The summed E-state index contributed by atoms with van der Waals surface area (Å²) in [5.41, 5.74) is 4.34. The number of benzene rings is 3. The number of hydrogen-bond donors (Lipinski definition) is 1. The highest BCUT2D eigenvalue weighted by molar-refractivity contribution is 8.00. The second-order valence-electron chi connectivity index (χ2n) is 7.60. The van der Waals surface area contributed by atoms with Gasteiger partial charge in [-0.2, -0.15) is 0 Å².